The number of likely N-dealkylation sites (N-methyl/N-ethyl adjacent to an activating group) is 1. The van der Waals surface area contributed by atoms with Gasteiger partial charge in [-0.1, -0.05) is 19.1 Å². The Bertz CT molecular complexity index is 772. The molecule has 0 aliphatic carbocycles. The summed E-state index contributed by atoms with van der Waals surface area (Å²) in [4.78, 5) is 40.5. The number of hydrogen-bond donors (Lipinski definition) is 2. The summed E-state index contributed by atoms with van der Waals surface area (Å²) < 4.78 is 0. The lowest BCUT2D eigenvalue weighted by Gasteiger charge is -2.29. The fraction of sp³-hybridized carbons (Fsp3) is 0.550. The Balaban J connectivity index is 1.49. The van der Waals surface area contributed by atoms with Crippen LogP contribution in [0.15, 0.2) is 18.2 Å². The van der Waals surface area contributed by atoms with Gasteiger partial charge < -0.3 is 10.2 Å². The molecule has 2 fully saturated rings. The van der Waals surface area contributed by atoms with Gasteiger partial charge in [0.15, 0.2) is 0 Å². The minimum absolute atomic E-state index is 0.105. The van der Waals surface area contributed by atoms with Crippen molar-refractivity contribution in [2.24, 2.45) is 0 Å². The predicted molar refractivity (Wildman–Crippen MR) is 99.8 cm³/mol. The van der Waals surface area contributed by atoms with E-state index in [0.29, 0.717) is 24.6 Å². The fourth-order valence-electron chi connectivity index (χ4n) is 4.38. The lowest BCUT2D eigenvalue weighted by molar-refractivity contribution is -0.136. The van der Waals surface area contributed by atoms with Crippen molar-refractivity contribution in [3.05, 3.63) is 34.9 Å². The number of nitrogens with zero attached hydrogens (tertiary/aromatic N) is 2. The summed E-state index contributed by atoms with van der Waals surface area (Å²) >= 11 is 0. The SMILES string of the molecule is CCN(Cc1ccc2c(c1)C(=O)N(C1CCC(=O)NC1=O)C2)[C@H]1CCNC1. The highest BCUT2D eigenvalue weighted by atomic mass is 16.2. The van der Waals surface area contributed by atoms with Crippen molar-refractivity contribution in [3.63, 3.8) is 0 Å². The summed E-state index contributed by atoms with van der Waals surface area (Å²) in [5.74, 6) is -0.728. The first-order valence-corrected chi connectivity index (χ1v) is 9.78. The molecule has 1 unspecified atom stereocenters. The number of piperidine rings is 1. The molecule has 0 radical (unpaired) electrons. The molecule has 0 aromatic heterocycles. The zero-order valence-corrected chi connectivity index (χ0v) is 15.7. The number of carbonyl (C=O) groups excluding carboxylic acids is 3. The second-order valence-electron chi connectivity index (χ2n) is 7.60. The van der Waals surface area contributed by atoms with Gasteiger partial charge in [0.25, 0.3) is 5.91 Å². The van der Waals surface area contributed by atoms with Crippen LogP contribution in [0.25, 0.3) is 0 Å². The van der Waals surface area contributed by atoms with E-state index >= 15 is 0 Å². The van der Waals surface area contributed by atoms with Crippen LogP contribution in [-0.4, -0.2) is 59.2 Å². The van der Waals surface area contributed by atoms with Gasteiger partial charge in [-0.2, -0.15) is 0 Å². The molecule has 0 saturated carbocycles. The summed E-state index contributed by atoms with van der Waals surface area (Å²) in [5.41, 5.74) is 2.78. The summed E-state index contributed by atoms with van der Waals surface area (Å²) in [5, 5.41) is 5.75. The molecule has 1 aromatic rings. The Labute approximate surface area is 159 Å². The van der Waals surface area contributed by atoms with Crippen molar-refractivity contribution in [1.29, 1.82) is 0 Å². The van der Waals surface area contributed by atoms with Gasteiger partial charge in [0.05, 0.1) is 0 Å². The minimum Gasteiger partial charge on any atom is -0.322 e. The van der Waals surface area contributed by atoms with Crippen LogP contribution in [0.1, 0.15) is 47.7 Å². The van der Waals surface area contributed by atoms with Gasteiger partial charge in [0.2, 0.25) is 11.8 Å². The van der Waals surface area contributed by atoms with Gasteiger partial charge >= 0.3 is 0 Å². The third-order valence-electron chi connectivity index (χ3n) is 5.94. The molecule has 3 aliphatic heterocycles. The number of fused-ring (bicyclic) bond motifs is 1. The molecule has 7 nitrogen and oxygen atoms in total. The summed E-state index contributed by atoms with van der Waals surface area (Å²) in [6, 6.07) is 6.07. The monoisotopic (exact) mass is 370 g/mol. The molecule has 7 heteroatoms. The van der Waals surface area contributed by atoms with E-state index in [-0.39, 0.29) is 24.1 Å². The molecule has 0 bridgehead atoms. The Morgan fingerprint density at radius 3 is 2.78 bits per heavy atom. The van der Waals surface area contributed by atoms with E-state index in [0.717, 1.165) is 43.7 Å². The van der Waals surface area contributed by atoms with E-state index in [9.17, 15) is 14.4 Å². The van der Waals surface area contributed by atoms with Crippen molar-refractivity contribution in [2.75, 3.05) is 19.6 Å². The molecule has 1 aromatic carbocycles. The molecule has 27 heavy (non-hydrogen) atoms. The third kappa shape index (κ3) is 3.49. The highest BCUT2D eigenvalue weighted by Gasteiger charge is 2.39. The number of hydrogen-bond acceptors (Lipinski definition) is 5. The average molecular weight is 370 g/mol. The number of carbonyl (C=O) groups is 3. The second kappa shape index (κ2) is 7.40. The van der Waals surface area contributed by atoms with Crippen molar-refractivity contribution in [3.8, 4) is 0 Å². The van der Waals surface area contributed by atoms with Crippen LogP contribution < -0.4 is 10.6 Å². The van der Waals surface area contributed by atoms with Gasteiger partial charge in [-0.3, -0.25) is 24.6 Å². The van der Waals surface area contributed by atoms with Gasteiger partial charge in [-0.25, -0.2) is 0 Å². The molecule has 4 rings (SSSR count). The van der Waals surface area contributed by atoms with Crippen LogP contribution >= 0.6 is 0 Å². The van der Waals surface area contributed by atoms with Crippen LogP contribution in [0.4, 0.5) is 0 Å². The number of imide groups is 1. The average Bonchev–Trinajstić information content (AvgIpc) is 3.29. The van der Waals surface area contributed by atoms with Crippen LogP contribution in [0.3, 0.4) is 0 Å². The van der Waals surface area contributed by atoms with Gasteiger partial charge in [0, 0.05) is 37.7 Å². The molecule has 2 saturated heterocycles. The summed E-state index contributed by atoms with van der Waals surface area (Å²) in [6.45, 7) is 6.47. The number of benzene rings is 1. The summed E-state index contributed by atoms with van der Waals surface area (Å²) in [6.07, 6.45) is 1.83. The highest BCUT2D eigenvalue weighted by molar-refractivity contribution is 6.05. The molecule has 2 N–H and O–H groups in total. The highest BCUT2D eigenvalue weighted by Crippen LogP contribution is 2.28. The van der Waals surface area contributed by atoms with Crippen molar-refractivity contribution < 1.29 is 14.4 Å². The van der Waals surface area contributed by atoms with E-state index < -0.39 is 6.04 Å². The van der Waals surface area contributed by atoms with E-state index in [1.807, 2.05) is 12.1 Å². The molecule has 3 aliphatic rings. The third-order valence-corrected chi connectivity index (χ3v) is 5.94. The first kappa shape index (κ1) is 18.1. The lowest BCUT2D eigenvalue weighted by Crippen LogP contribution is -2.52. The molecule has 3 heterocycles. The first-order valence-electron chi connectivity index (χ1n) is 9.78. The summed E-state index contributed by atoms with van der Waals surface area (Å²) in [7, 11) is 0. The van der Waals surface area contributed by atoms with Crippen molar-refractivity contribution in [1.82, 2.24) is 20.4 Å². The Kier molecular flexibility index (Phi) is 4.97. The predicted octanol–water partition coefficient (Wildman–Crippen LogP) is 0.631. The lowest BCUT2D eigenvalue weighted by atomic mass is 10.0. The maximum absolute atomic E-state index is 12.9. The van der Waals surface area contributed by atoms with Crippen molar-refractivity contribution in [2.45, 2.75) is 51.4 Å². The molecule has 3 amide bonds. The Morgan fingerprint density at radius 1 is 1.22 bits per heavy atom. The topological polar surface area (TPSA) is 81.8 Å². The zero-order chi connectivity index (χ0) is 19.0. The molecular weight excluding hydrogens is 344 g/mol. The van der Waals surface area contributed by atoms with Gasteiger partial charge in [-0.05, 0) is 43.1 Å². The smallest absolute Gasteiger partial charge is 0.255 e. The fourth-order valence-corrected chi connectivity index (χ4v) is 4.38. The van der Waals surface area contributed by atoms with Crippen LogP contribution in [0, 0.1) is 0 Å². The van der Waals surface area contributed by atoms with E-state index in [1.54, 1.807) is 4.90 Å². The molecule has 2 atom stereocenters. The Hall–Kier alpha value is -2.25. The van der Waals surface area contributed by atoms with E-state index in [1.165, 1.54) is 0 Å². The Morgan fingerprint density at radius 2 is 2.07 bits per heavy atom. The van der Waals surface area contributed by atoms with E-state index in [2.05, 4.69) is 28.5 Å². The minimum atomic E-state index is -0.553. The quantitative estimate of drug-likeness (QED) is 0.743. The molecule has 144 valence electrons. The maximum atomic E-state index is 12.9. The zero-order valence-electron chi connectivity index (χ0n) is 15.7. The first-order chi connectivity index (χ1) is 13.1. The molecule has 0 spiro atoms. The van der Waals surface area contributed by atoms with Crippen molar-refractivity contribution >= 4 is 17.7 Å². The second-order valence-corrected chi connectivity index (χ2v) is 7.60. The van der Waals surface area contributed by atoms with Crippen LogP contribution in [0.5, 0.6) is 0 Å². The molecular formula is C20H26N4O3. The van der Waals surface area contributed by atoms with Gasteiger partial charge in [-0.15, -0.1) is 0 Å². The van der Waals surface area contributed by atoms with E-state index in [4.69, 9.17) is 0 Å². The van der Waals surface area contributed by atoms with Crippen LogP contribution in [0.2, 0.25) is 0 Å². The van der Waals surface area contributed by atoms with Gasteiger partial charge in [0.1, 0.15) is 6.04 Å². The van der Waals surface area contributed by atoms with Crippen LogP contribution in [-0.2, 0) is 22.7 Å². The normalized spacial score (nSPS) is 25.3. The standard InChI is InChI=1S/C20H26N4O3/c1-2-23(15-7-8-21-10-15)11-13-3-4-14-12-24(20(27)16(14)9-13)17-5-6-18(25)22-19(17)26/h3-4,9,15,17,21H,2,5-8,10-12H2,1H3,(H,22,25,26)/t15-,17?/m0/s1. The largest absolute Gasteiger partial charge is 0.322 e. The number of nitrogens with one attached hydrogen (secondary N) is 2. The number of amides is 3. The number of rotatable bonds is 5. The maximum Gasteiger partial charge on any atom is 0.255 e.